The topological polar surface area (TPSA) is 62.3 Å². The third-order valence-corrected chi connectivity index (χ3v) is 5.49. The maximum Gasteiger partial charge on any atom is 0.230 e. The normalized spacial score (nSPS) is 14.2. The van der Waals surface area contributed by atoms with Crippen LogP contribution in [0.4, 0.5) is 10.8 Å². The molecule has 132 valence electrons. The van der Waals surface area contributed by atoms with Crippen LogP contribution < -0.4 is 10.2 Å². The van der Waals surface area contributed by atoms with Gasteiger partial charge in [-0.3, -0.25) is 9.59 Å². The molecule has 2 amide bonds. The van der Waals surface area contributed by atoms with Gasteiger partial charge >= 0.3 is 0 Å². The Morgan fingerprint density at radius 2 is 2.04 bits per heavy atom. The van der Waals surface area contributed by atoms with Gasteiger partial charge in [-0.15, -0.1) is 0 Å². The average molecular weight is 365 g/mol. The molecule has 3 aromatic rings. The Balaban J connectivity index is 1.42. The molecule has 2 heterocycles. The van der Waals surface area contributed by atoms with Crippen LogP contribution in [-0.2, 0) is 16.0 Å². The molecule has 5 nitrogen and oxygen atoms in total. The fraction of sp³-hybridized carbons (Fsp3) is 0.250. The summed E-state index contributed by atoms with van der Waals surface area (Å²) in [5.74, 6) is 0.0772. The van der Waals surface area contributed by atoms with Crippen LogP contribution in [0.2, 0.25) is 0 Å². The van der Waals surface area contributed by atoms with Crippen molar-refractivity contribution in [2.45, 2.75) is 26.2 Å². The number of nitrogens with zero attached hydrogens (tertiary/aromatic N) is 2. The SMILES string of the molecule is Cc1cccc2sc(NC(=O)Cc3ccc(N4CCCC4=O)cc3)nc12. The summed E-state index contributed by atoms with van der Waals surface area (Å²) < 4.78 is 1.07. The van der Waals surface area contributed by atoms with Crippen molar-refractivity contribution in [2.75, 3.05) is 16.8 Å². The number of thiazole rings is 1. The van der Waals surface area contributed by atoms with Crippen LogP contribution in [-0.4, -0.2) is 23.3 Å². The summed E-state index contributed by atoms with van der Waals surface area (Å²) in [5, 5.41) is 3.51. The van der Waals surface area contributed by atoms with E-state index in [4.69, 9.17) is 0 Å². The molecule has 0 unspecified atom stereocenters. The lowest BCUT2D eigenvalue weighted by atomic mass is 10.1. The maximum atomic E-state index is 12.3. The minimum Gasteiger partial charge on any atom is -0.312 e. The van der Waals surface area contributed by atoms with Crippen molar-refractivity contribution in [3.63, 3.8) is 0 Å². The number of fused-ring (bicyclic) bond motifs is 1. The first-order valence-corrected chi connectivity index (χ1v) is 9.47. The second kappa shape index (κ2) is 6.88. The summed E-state index contributed by atoms with van der Waals surface area (Å²) in [7, 11) is 0. The number of hydrogen-bond donors (Lipinski definition) is 1. The molecule has 1 aliphatic rings. The van der Waals surface area contributed by atoms with Crippen molar-refractivity contribution >= 4 is 44.2 Å². The minimum atomic E-state index is -0.0910. The summed E-state index contributed by atoms with van der Waals surface area (Å²) in [6.45, 7) is 2.79. The number of hydrogen-bond acceptors (Lipinski definition) is 4. The number of carbonyl (C=O) groups excluding carboxylic acids is 2. The third kappa shape index (κ3) is 3.32. The largest absolute Gasteiger partial charge is 0.312 e. The number of carbonyl (C=O) groups is 2. The van der Waals surface area contributed by atoms with E-state index in [0.717, 1.165) is 40.0 Å². The second-order valence-electron chi connectivity index (χ2n) is 6.48. The quantitative estimate of drug-likeness (QED) is 0.762. The number of amides is 2. The number of aromatic nitrogens is 1. The monoisotopic (exact) mass is 365 g/mol. The highest BCUT2D eigenvalue weighted by Gasteiger charge is 2.21. The molecule has 0 radical (unpaired) electrons. The van der Waals surface area contributed by atoms with E-state index in [1.54, 1.807) is 4.90 Å². The minimum absolute atomic E-state index is 0.0910. The lowest BCUT2D eigenvalue weighted by molar-refractivity contribution is -0.117. The molecule has 4 rings (SSSR count). The maximum absolute atomic E-state index is 12.3. The Morgan fingerprint density at radius 3 is 2.73 bits per heavy atom. The molecule has 6 heteroatoms. The van der Waals surface area contributed by atoms with E-state index >= 15 is 0 Å². The van der Waals surface area contributed by atoms with Crippen molar-refractivity contribution < 1.29 is 9.59 Å². The van der Waals surface area contributed by atoms with Crippen LogP contribution in [0.1, 0.15) is 24.0 Å². The van der Waals surface area contributed by atoms with E-state index in [9.17, 15) is 9.59 Å². The molecule has 0 spiro atoms. The average Bonchev–Trinajstić information content (AvgIpc) is 3.22. The van der Waals surface area contributed by atoms with Gasteiger partial charge in [0.15, 0.2) is 5.13 Å². The highest BCUT2D eigenvalue weighted by atomic mass is 32.1. The van der Waals surface area contributed by atoms with E-state index in [1.165, 1.54) is 11.3 Å². The molecule has 26 heavy (non-hydrogen) atoms. The molecule has 1 aliphatic heterocycles. The van der Waals surface area contributed by atoms with E-state index < -0.39 is 0 Å². The highest BCUT2D eigenvalue weighted by molar-refractivity contribution is 7.22. The number of anilines is 2. The van der Waals surface area contributed by atoms with Crippen LogP contribution in [0, 0.1) is 6.92 Å². The van der Waals surface area contributed by atoms with Crippen LogP contribution >= 0.6 is 11.3 Å². The third-order valence-electron chi connectivity index (χ3n) is 4.55. The molecule has 0 saturated carbocycles. The Bertz CT molecular complexity index is 978. The van der Waals surface area contributed by atoms with Crippen molar-refractivity contribution in [1.82, 2.24) is 4.98 Å². The smallest absolute Gasteiger partial charge is 0.230 e. The van der Waals surface area contributed by atoms with Crippen LogP contribution in [0.25, 0.3) is 10.2 Å². The molecule has 1 N–H and O–H groups in total. The van der Waals surface area contributed by atoms with Gasteiger partial charge < -0.3 is 10.2 Å². The van der Waals surface area contributed by atoms with Gasteiger partial charge in [-0.2, -0.15) is 0 Å². The zero-order valence-electron chi connectivity index (χ0n) is 14.5. The second-order valence-corrected chi connectivity index (χ2v) is 7.51. The van der Waals surface area contributed by atoms with Gasteiger partial charge in [0.05, 0.1) is 16.6 Å². The van der Waals surface area contributed by atoms with E-state index in [0.29, 0.717) is 11.6 Å². The van der Waals surface area contributed by atoms with Gasteiger partial charge in [-0.1, -0.05) is 35.6 Å². The number of rotatable bonds is 4. The van der Waals surface area contributed by atoms with Gasteiger partial charge in [0.2, 0.25) is 11.8 Å². The van der Waals surface area contributed by atoms with Crippen molar-refractivity contribution in [2.24, 2.45) is 0 Å². The first kappa shape index (κ1) is 16.7. The predicted octanol–water partition coefficient (Wildman–Crippen LogP) is 3.91. The van der Waals surface area contributed by atoms with Crippen LogP contribution in [0.5, 0.6) is 0 Å². The molecule has 1 fully saturated rings. The first-order valence-electron chi connectivity index (χ1n) is 8.65. The zero-order valence-corrected chi connectivity index (χ0v) is 15.3. The number of nitrogens with one attached hydrogen (secondary N) is 1. The zero-order chi connectivity index (χ0) is 18.1. The van der Waals surface area contributed by atoms with Crippen molar-refractivity contribution in [3.8, 4) is 0 Å². The fourth-order valence-electron chi connectivity index (χ4n) is 3.20. The summed E-state index contributed by atoms with van der Waals surface area (Å²) in [5.41, 5.74) is 3.85. The molecule has 0 bridgehead atoms. The Morgan fingerprint density at radius 1 is 1.23 bits per heavy atom. The predicted molar refractivity (Wildman–Crippen MR) is 105 cm³/mol. The van der Waals surface area contributed by atoms with Gasteiger partial charge in [0.1, 0.15) is 0 Å². The lowest BCUT2D eigenvalue weighted by Gasteiger charge is -2.15. The summed E-state index contributed by atoms with van der Waals surface area (Å²) in [4.78, 5) is 30.4. The highest BCUT2D eigenvalue weighted by Crippen LogP contribution is 2.28. The van der Waals surface area contributed by atoms with Crippen molar-refractivity contribution in [1.29, 1.82) is 0 Å². The van der Waals surface area contributed by atoms with Crippen LogP contribution in [0.15, 0.2) is 42.5 Å². The van der Waals surface area contributed by atoms with Gasteiger partial charge in [-0.05, 0) is 42.7 Å². The molecule has 1 saturated heterocycles. The Kier molecular flexibility index (Phi) is 4.42. The fourth-order valence-corrected chi connectivity index (χ4v) is 4.16. The Labute approximate surface area is 155 Å². The lowest BCUT2D eigenvalue weighted by Crippen LogP contribution is -2.23. The number of aryl methyl sites for hydroxylation is 1. The van der Waals surface area contributed by atoms with Gasteiger partial charge in [0, 0.05) is 18.7 Å². The van der Waals surface area contributed by atoms with E-state index in [2.05, 4.69) is 10.3 Å². The molecule has 0 atom stereocenters. The van der Waals surface area contributed by atoms with E-state index in [1.807, 2.05) is 49.4 Å². The molecule has 2 aromatic carbocycles. The summed E-state index contributed by atoms with van der Waals surface area (Å²) in [6, 6.07) is 13.6. The Hall–Kier alpha value is -2.73. The van der Waals surface area contributed by atoms with Gasteiger partial charge in [0.25, 0.3) is 0 Å². The molecular weight excluding hydrogens is 346 g/mol. The van der Waals surface area contributed by atoms with Gasteiger partial charge in [-0.25, -0.2) is 4.98 Å². The first-order chi connectivity index (χ1) is 12.6. The van der Waals surface area contributed by atoms with Crippen LogP contribution in [0.3, 0.4) is 0 Å². The van der Waals surface area contributed by atoms with E-state index in [-0.39, 0.29) is 18.2 Å². The number of benzene rings is 2. The summed E-state index contributed by atoms with van der Waals surface area (Å²) >= 11 is 1.48. The molecular formula is C20H19N3O2S. The standard InChI is InChI=1S/C20H19N3O2S/c1-13-4-2-5-16-19(13)22-20(26-16)21-17(24)12-14-7-9-15(10-8-14)23-11-3-6-18(23)25/h2,4-5,7-10H,3,6,11-12H2,1H3,(H,21,22,24). The summed E-state index contributed by atoms with van der Waals surface area (Å²) in [6.07, 6.45) is 1.81. The molecule has 0 aliphatic carbocycles. The molecule has 1 aromatic heterocycles. The number of para-hydroxylation sites is 1. The van der Waals surface area contributed by atoms with Crippen molar-refractivity contribution in [3.05, 3.63) is 53.6 Å².